The van der Waals surface area contributed by atoms with E-state index >= 15 is 0 Å². The van der Waals surface area contributed by atoms with Crippen LogP contribution in [-0.4, -0.2) is 50.6 Å². The number of rotatable bonds is 8. The Morgan fingerprint density at radius 3 is 2.19 bits per heavy atom. The highest BCUT2D eigenvalue weighted by Crippen LogP contribution is 2.38. The highest BCUT2D eigenvalue weighted by molar-refractivity contribution is 7.92. The number of anilines is 1. The smallest absolute Gasteiger partial charge is 0.416 e. The average Bonchev–Trinajstić information content (AvgIpc) is 3.17. The molecule has 0 spiro atoms. The van der Waals surface area contributed by atoms with Gasteiger partial charge < -0.3 is 10.8 Å². The van der Waals surface area contributed by atoms with Gasteiger partial charge in [0.1, 0.15) is 12.3 Å². The van der Waals surface area contributed by atoms with Gasteiger partial charge in [0.2, 0.25) is 5.91 Å². The number of alkyl halides is 3. The fourth-order valence-corrected chi connectivity index (χ4v) is 6.14. The van der Waals surface area contributed by atoms with Crippen LogP contribution in [0.2, 0.25) is 0 Å². The lowest BCUT2D eigenvalue weighted by molar-refractivity contribution is -0.138. The van der Waals surface area contributed by atoms with Crippen molar-refractivity contribution in [3.8, 4) is 5.75 Å². The van der Waals surface area contributed by atoms with Gasteiger partial charge in [0.05, 0.1) is 17.0 Å². The van der Waals surface area contributed by atoms with Gasteiger partial charge in [0, 0.05) is 12.3 Å². The largest absolute Gasteiger partial charge is 0.506 e. The van der Waals surface area contributed by atoms with Crippen molar-refractivity contribution in [2.24, 2.45) is 5.73 Å². The van der Waals surface area contributed by atoms with Crippen LogP contribution in [0, 0.1) is 0 Å². The number of halogens is 3. The predicted molar refractivity (Wildman–Crippen MR) is 146 cm³/mol. The maximum atomic E-state index is 13.1. The van der Waals surface area contributed by atoms with Gasteiger partial charge in [0.25, 0.3) is 16.0 Å². The summed E-state index contributed by atoms with van der Waals surface area (Å²) in [6.07, 6.45) is -4.14. The summed E-state index contributed by atoms with van der Waals surface area (Å²) in [4.78, 5) is 21.8. The van der Waals surface area contributed by atoms with Gasteiger partial charge >= 0.3 is 16.4 Å². The van der Waals surface area contributed by atoms with Gasteiger partial charge in [-0.05, 0) is 41.3 Å². The second-order valence-electron chi connectivity index (χ2n) is 9.12. The summed E-state index contributed by atoms with van der Waals surface area (Å²) in [5, 5.41) is 9.87. The number of hydrogen-bond donors (Lipinski definition) is 4. The molecule has 0 radical (unpaired) electrons. The molecule has 226 valence electrons. The monoisotopic (exact) mass is 629 g/mol. The first kappa shape index (κ1) is 32.4. The Kier molecular flexibility index (Phi) is 9.86. The number of aryl methyl sites for hydroxylation is 1. The SMILES string of the molecule is NC(=O)CCc1ccc(N2CC(=O)NS2(=O)=O)c(O)c1.O=S(=O)(O)CC(c1ccccc1)c1ccccc1C(F)(F)F. The molecule has 0 aliphatic carbocycles. The highest BCUT2D eigenvalue weighted by Gasteiger charge is 2.37. The summed E-state index contributed by atoms with van der Waals surface area (Å²) in [5.41, 5.74) is 4.96. The lowest BCUT2D eigenvalue weighted by Gasteiger charge is -2.21. The van der Waals surface area contributed by atoms with Crippen LogP contribution in [-0.2, 0) is 42.5 Å². The van der Waals surface area contributed by atoms with Gasteiger partial charge in [-0.2, -0.15) is 30.0 Å². The van der Waals surface area contributed by atoms with Gasteiger partial charge in [0.15, 0.2) is 0 Å². The maximum Gasteiger partial charge on any atom is 0.416 e. The number of benzene rings is 3. The number of carbonyl (C=O) groups is 2. The Labute approximate surface area is 239 Å². The Balaban J connectivity index is 0.000000231. The topological polar surface area (TPSA) is 184 Å². The summed E-state index contributed by atoms with van der Waals surface area (Å²) in [6, 6.07) is 17.0. The normalized spacial score (nSPS) is 15.3. The summed E-state index contributed by atoms with van der Waals surface area (Å²) in [7, 11) is -8.40. The third kappa shape index (κ3) is 8.67. The number of carbonyl (C=O) groups excluding carboxylic acids is 2. The molecule has 1 unspecified atom stereocenters. The van der Waals surface area contributed by atoms with Crippen molar-refractivity contribution in [1.29, 1.82) is 0 Å². The first-order chi connectivity index (χ1) is 19.5. The van der Waals surface area contributed by atoms with E-state index in [0.717, 1.165) is 10.4 Å². The minimum Gasteiger partial charge on any atom is -0.506 e. The number of phenols is 1. The van der Waals surface area contributed by atoms with Crippen LogP contribution in [0.25, 0.3) is 0 Å². The average molecular weight is 630 g/mol. The molecule has 1 aliphatic rings. The van der Waals surface area contributed by atoms with Crippen molar-refractivity contribution in [1.82, 2.24) is 4.72 Å². The van der Waals surface area contributed by atoms with Crippen LogP contribution in [0.4, 0.5) is 18.9 Å². The quantitative estimate of drug-likeness (QED) is 0.274. The van der Waals surface area contributed by atoms with E-state index in [1.54, 1.807) is 24.3 Å². The number of nitrogens with one attached hydrogen (secondary N) is 1. The minimum absolute atomic E-state index is 0.00572. The van der Waals surface area contributed by atoms with E-state index in [1.165, 1.54) is 42.5 Å². The zero-order valence-electron chi connectivity index (χ0n) is 21.7. The standard InChI is InChI=1S/C15H13F3O3S.C11H13N3O5S/c16-15(17,18)14-9-5-4-8-12(14)13(10-22(19,20)21)11-6-2-1-3-7-11;12-10(16)4-2-7-1-3-8(9(15)5-7)14-6-11(17)13-20(14,18)19/h1-9,13H,10H2,(H,19,20,21);1,3,5,15H,2,4,6H2,(H2,12,16)(H,13,17). The lowest BCUT2D eigenvalue weighted by atomic mass is 9.89. The zero-order valence-corrected chi connectivity index (χ0v) is 23.3. The van der Waals surface area contributed by atoms with E-state index in [-0.39, 0.29) is 30.0 Å². The van der Waals surface area contributed by atoms with E-state index in [0.29, 0.717) is 17.5 Å². The van der Waals surface area contributed by atoms with E-state index < -0.39 is 55.6 Å². The molecule has 0 aromatic heterocycles. The van der Waals surface area contributed by atoms with Crippen molar-refractivity contribution < 1.29 is 49.3 Å². The Morgan fingerprint density at radius 1 is 1.05 bits per heavy atom. The first-order valence-corrected chi connectivity index (χ1v) is 15.1. The third-order valence-electron chi connectivity index (χ3n) is 6.01. The summed E-state index contributed by atoms with van der Waals surface area (Å²) in [5.74, 6) is -3.34. The summed E-state index contributed by atoms with van der Waals surface area (Å²) in [6.45, 7) is -0.378. The molecule has 3 aromatic carbocycles. The molecule has 2 amide bonds. The lowest BCUT2D eigenvalue weighted by Crippen LogP contribution is -2.29. The van der Waals surface area contributed by atoms with Crippen LogP contribution in [0.15, 0.2) is 72.8 Å². The number of hydrogen-bond acceptors (Lipinski definition) is 7. The van der Waals surface area contributed by atoms with Crippen molar-refractivity contribution >= 4 is 37.8 Å². The fraction of sp³-hybridized carbons (Fsp3) is 0.231. The van der Waals surface area contributed by atoms with Crippen LogP contribution < -0.4 is 14.8 Å². The molecule has 4 rings (SSSR count). The molecule has 1 atom stereocenters. The fourth-order valence-electron chi connectivity index (χ4n) is 4.18. The molecular formula is C26H26F3N3O8S2. The number of amides is 2. The summed E-state index contributed by atoms with van der Waals surface area (Å²) < 4.78 is 96.9. The Hall–Kier alpha value is -4.15. The second-order valence-corrected chi connectivity index (χ2v) is 12.2. The van der Waals surface area contributed by atoms with E-state index in [9.17, 15) is 44.7 Å². The Bertz CT molecular complexity index is 1670. The van der Waals surface area contributed by atoms with Crippen LogP contribution in [0.5, 0.6) is 5.75 Å². The van der Waals surface area contributed by atoms with Crippen molar-refractivity contribution in [3.05, 3.63) is 95.1 Å². The molecule has 1 aliphatic heterocycles. The first-order valence-electron chi connectivity index (χ1n) is 12.1. The number of nitrogens with zero attached hydrogens (tertiary/aromatic N) is 1. The van der Waals surface area contributed by atoms with Crippen LogP contribution >= 0.6 is 0 Å². The van der Waals surface area contributed by atoms with E-state index in [4.69, 9.17) is 10.3 Å². The maximum absolute atomic E-state index is 13.1. The van der Waals surface area contributed by atoms with Crippen molar-refractivity contribution in [3.63, 3.8) is 0 Å². The predicted octanol–water partition coefficient (Wildman–Crippen LogP) is 2.72. The Morgan fingerprint density at radius 2 is 1.67 bits per heavy atom. The molecule has 1 saturated heterocycles. The molecule has 1 fully saturated rings. The van der Waals surface area contributed by atoms with Crippen molar-refractivity contribution in [2.75, 3.05) is 16.6 Å². The van der Waals surface area contributed by atoms with E-state index in [1.807, 2.05) is 4.72 Å². The molecule has 0 saturated carbocycles. The molecule has 16 heteroatoms. The number of phenolic OH excluding ortho intramolecular Hbond substituents is 1. The van der Waals surface area contributed by atoms with Gasteiger partial charge in [-0.3, -0.25) is 14.1 Å². The molecule has 0 bridgehead atoms. The molecule has 42 heavy (non-hydrogen) atoms. The minimum atomic E-state index is -4.61. The van der Waals surface area contributed by atoms with Crippen LogP contribution in [0.3, 0.4) is 0 Å². The van der Waals surface area contributed by atoms with Gasteiger partial charge in [-0.25, -0.2) is 9.03 Å². The van der Waals surface area contributed by atoms with Crippen LogP contribution in [0.1, 0.15) is 34.6 Å². The molecule has 1 heterocycles. The van der Waals surface area contributed by atoms with E-state index in [2.05, 4.69) is 0 Å². The molecule has 3 aromatic rings. The third-order valence-corrected chi connectivity index (χ3v) is 8.16. The zero-order chi connectivity index (χ0) is 31.3. The summed E-state index contributed by atoms with van der Waals surface area (Å²) >= 11 is 0. The van der Waals surface area contributed by atoms with Gasteiger partial charge in [-0.1, -0.05) is 54.6 Å². The van der Waals surface area contributed by atoms with Crippen molar-refractivity contribution in [2.45, 2.75) is 24.9 Å². The molecular weight excluding hydrogens is 603 g/mol. The number of nitrogens with two attached hydrogens (primary N) is 1. The molecule has 11 nitrogen and oxygen atoms in total. The van der Waals surface area contributed by atoms with Gasteiger partial charge in [-0.15, -0.1) is 0 Å². The number of primary amides is 1. The highest BCUT2D eigenvalue weighted by atomic mass is 32.2. The molecule has 5 N–H and O–H groups in total. The second kappa shape index (κ2) is 12.8. The number of aromatic hydroxyl groups is 1.